The average Bonchev–Trinajstić information content (AvgIpc) is 3.40. The summed E-state index contributed by atoms with van der Waals surface area (Å²) < 4.78 is 12.7. The van der Waals surface area contributed by atoms with E-state index in [1.165, 1.54) is 6.42 Å². The maximum Gasteiger partial charge on any atom is 0.247 e. The minimum absolute atomic E-state index is 0.0765. The third-order valence-corrected chi connectivity index (χ3v) is 7.48. The Morgan fingerprint density at radius 1 is 0.975 bits per heavy atom. The fourth-order valence-electron chi connectivity index (χ4n) is 5.41. The number of nitrogens with zero attached hydrogens (tertiary/aromatic N) is 4. The van der Waals surface area contributed by atoms with Crippen LogP contribution in [0.1, 0.15) is 49.3 Å². The summed E-state index contributed by atoms with van der Waals surface area (Å²) in [5.74, 6) is 0.767. The topological polar surface area (TPSA) is 98.6 Å². The quantitative estimate of drug-likeness (QED) is 0.313. The van der Waals surface area contributed by atoms with Gasteiger partial charge in [0.2, 0.25) is 11.8 Å². The molecule has 5 rings (SSSR count). The van der Waals surface area contributed by atoms with Crippen LogP contribution in [-0.4, -0.2) is 52.0 Å². The molecular weight excluding hydrogens is 506 g/mol. The molecule has 9 heteroatoms. The van der Waals surface area contributed by atoms with Gasteiger partial charge in [0.1, 0.15) is 29.6 Å². The summed E-state index contributed by atoms with van der Waals surface area (Å²) in [4.78, 5) is 29.9. The zero-order valence-corrected chi connectivity index (χ0v) is 23.0. The highest BCUT2D eigenvalue weighted by Gasteiger charge is 2.34. The summed E-state index contributed by atoms with van der Waals surface area (Å²) in [5.41, 5.74) is 2.91. The lowest BCUT2D eigenvalue weighted by molar-refractivity contribution is -0.142. The van der Waals surface area contributed by atoms with Crippen molar-refractivity contribution >= 4 is 22.8 Å². The van der Waals surface area contributed by atoms with E-state index >= 15 is 0 Å². The van der Waals surface area contributed by atoms with Gasteiger partial charge in [-0.2, -0.15) is 0 Å². The molecule has 0 saturated heterocycles. The lowest BCUT2D eigenvalue weighted by Crippen LogP contribution is -2.47. The van der Waals surface area contributed by atoms with Crippen molar-refractivity contribution in [1.29, 1.82) is 0 Å². The molecule has 2 amide bonds. The van der Waals surface area contributed by atoms with E-state index in [0.29, 0.717) is 22.6 Å². The van der Waals surface area contributed by atoms with E-state index in [1.54, 1.807) is 23.8 Å². The van der Waals surface area contributed by atoms with Gasteiger partial charge in [-0.15, -0.1) is 5.10 Å². The van der Waals surface area contributed by atoms with Gasteiger partial charge in [0.05, 0.1) is 26.3 Å². The van der Waals surface area contributed by atoms with Gasteiger partial charge < -0.3 is 19.7 Å². The molecule has 0 radical (unpaired) electrons. The predicted molar refractivity (Wildman–Crippen MR) is 152 cm³/mol. The van der Waals surface area contributed by atoms with Crippen molar-refractivity contribution in [2.24, 2.45) is 0 Å². The molecule has 0 bridgehead atoms. The lowest BCUT2D eigenvalue weighted by atomic mass is 9.94. The van der Waals surface area contributed by atoms with Crippen molar-refractivity contribution in [3.05, 3.63) is 83.9 Å². The molecule has 1 aliphatic rings. The molecule has 0 unspecified atom stereocenters. The number of methoxy groups -OCH3 is 2. The van der Waals surface area contributed by atoms with Gasteiger partial charge >= 0.3 is 0 Å². The Kier molecular flexibility index (Phi) is 8.59. The third kappa shape index (κ3) is 6.09. The van der Waals surface area contributed by atoms with Gasteiger partial charge in [0.25, 0.3) is 0 Å². The number of para-hydroxylation sites is 2. The number of nitrogens with one attached hydrogen (secondary N) is 1. The number of amides is 2. The Bertz CT molecular complexity index is 1460. The van der Waals surface area contributed by atoms with Crippen molar-refractivity contribution in [1.82, 2.24) is 25.2 Å². The van der Waals surface area contributed by atoms with E-state index in [-0.39, 0.29) is 30.9 Å². The number of ether oxygens (including phenoxy) is 2. The van der Waals surface area contributed by atoms with Crippen LogP contribution in [0, 0.1) is 0 Å². The second-order valence-corrected chi connectivity index (χ2v) is 10.1. The molecule has 3 aromatic carbocycles. The summed E-state index contributed by atoms with van der Waals surface area (Å²) in [7, 11) is 3.19. The highest BCUT2D eigenvalue weighted by atomic mass is 16.5. The Hall–Kier alpha value is -4.40. The zero-order valence-electron chi connectivity index (χ0n) is 23.0. The molecule has 0 aliphatic heterocycles. The van der Waals surface area contributed by atoms with Gasteiger partial charge in [-0.05, 0) is 48.7 Å². The summed E-state index contributed by atoms with van der Waals surface area (Å²) >= 11 is 0. The molecule has 0 spiro atoms. The molecule has 208 valence electrons. The Morgan fingerprint density at radius 3 is 2.55 bits per heavy atom. The molecular formula is C31H35N5O4. The number of carbonyl (C=O) groups is 2. The number of hydrogen-bond acceptors (Lipinski definition) is 6. The van der Waals surface area contributed by atoms with Crippen molar-refractivity contribution in [3.8, 4) is 11.5 Å². The largest absolute Gasteiger partial charge is 0.497 e. The van der Waals surface area contributed by atoms with Crippen molar-refractivity contribution in [2.45, 2.75) is 57.3 Å². The first-order valence-corrected chi connectivity index (χ1v) is 13.7. The summed E-state index contributed by atoms with van der Waals surface area (Å²) in [5, 5.41) is 11.7. The first-order chi connectivity index (χ1) is 19.6. The van der Waals surface area contributed by atoms with E-state index in [0.717, 1.165) is 36.8 Å². The maximum absolute atomic E-state index is 14.2. The second kappa shape index (κ2) is 12.6. The SMILES string of the molecule is COc1cccc([C@@H](C(=O)NC2CCCCC2)N(Cc2ccccc2OC)C(=O)Cn2nnc3ccccc32)c1. The smallest absolute Gasteiger partial charge is 0.247 e. The molecule has 1 heterocycles. The molecule has 40 heavy (non-hydrogen) atoms. The fraction of sp³-hybridized carbons (Fsp3) is 0.355. The van der Waals surface area contributed by atoms with E-state index in [1.807, 2.05) is 72.8 Å². The minimum Gasteiger partial charge on any atom is -0.497 e. The number of carbonyl (C=O) groups excluding carboxylic acids is 2. The van der Waals surface area contributed by atoms with Crippen LogP contribution in [0.5, 0.6) is 11.5 Å². The van der Waals surface area contributed by atoms with Crippen molar-refractivity contribution < 1.29 is 19.1 Å². The first kappa shape index (κ1) is 27.2. The number of benzene rings is 3. The van der Waals surface area contributed by atoms with Crippen LogP contribution in [0.4, 0.5) is 0 Å². The van der Waals surface area contributed by atoms with Gasteiger partial charge in [0.15, 0.2) is 0 Å². The molecule has 9 nitrogen and oxygen atoms in total. The average molecular weight is 542 g/mol. The summed E-state index contributed by atoms with van der Waals surface area (Å²) in [6, 6.07) is 21.6. The summed E-state index contributed by atoms with van der Waals surface area (Å²) in [6.07, 6.45) is 5.20. The van der Waals surface area contributed by atoms with Crippen molar-refractivity contribution in [2.75, 3.05) is 14.2 Å². The molecule has 4 aromatic rings. The van der Waals surface area contributed by atoms with Gasteiger partial charge in [0, 0.05) is 11.6 Å². The Balaban J connectivity index is 1.56. The third-order valence-electron chi connectivity index (χ3n) is 7.48. The van der Waals surface area contributed by atoms with Crippen molar-refractivity contribution in [3.63, 3.8) is 0 Å². The second-order valence-electron chi connectivity index (χ2n) is 10.1. The monoisotopic (exact) mass is 541 g/mol. The van der Waals surface area contributed by atoms with Crippen LogP contribution in [0.3, 0.4) is 0 Å². The Labute approximate surface area is 234 Å². The zero-order chi connectivity index (χ0) is 27.9. The first-order valence-electron chi connectivity index (χ1n) is 13.7. The van der Waals surface area contributed by atoms with Crippen LogP contribution < -0.4 is 14.8 Å². The predicted octanol–water partition coefficient (Wildman–Crippen LogP) is 4.67. The number of hydrogen-bond donors (Lipinski definition) is 1. The number of rotatable bonds is 10. The van der Waals surface area contributed by atoms with E-state index in [4.69, 9.17) is 9.47 Å². The fourth-order valence-corrected chi connectivity index (χ4v) is 5.41. The molecule has 1 fully saturated rings. The number of fused-ring (bicyclic) bond motifs is 1. The van der Waals surface area contributed by atoms with Crippen LogP contribution in [0.2, 0.25) is 0 Å². The number of aromatic nitrogens is 3. The van der Waals surface area contributed by atoms with Gasteiger partial charge in [-0.3, -0.25) is 9.59 Å². The molecule has 1 aromatic heterocycles. The van der Waals surface area contributed by atoms with Crippen LogP contribution in [0.25, 0.3) is 11.0 Å². The highest BCUT2D eigenvalue weighted by molar-refractivity contribution is 5.89. The molecule has 1 atom stereocenters. The minimum atomic E-state index is -0.899. The maximum atomic E-state index is 14.2. The van der Waals surface area contributed by atoms with Crippen LogP contribution in [-0.2, 0) is 22.7 Å². The van der Waals surface area contributed by atoms with Crippen LogP contribution in [0.15, 0.2) is 72.8 Å². The van der Waals surface area contributed by atoms with E-state index < -0.39 is 6.04 Å². The molecule has 1 saturated carbocycles. The van der Waals surface area contributed by atoms with E-state index in [9.17, 15) is 9.59 Å². The highest BCUT2D eigenvalue weighted by Crippen LogP contribution is 2.30. The van der Waals surface area contributed by atoms with Gasteiger partial charge in [-0.1, -0.05) is 66.9 Å². The lowest BCUT2D eigenvalue weighted by Gasteiger charge is -2.34. The normalized spacial score (nSPS) is 14.4. The standard InChI is InChI=1S/C31H35N5O4/c1-39-25-15-10-12-22(19-25)30(31(38)32-24-13-4-3-5-14-24)35(20-23-11-6-9-18-28(23)40-2)29(37)21-36-27-17-8-7-16-26(27)33-34-36/h6-12,15-19,24,30H,3-5,13-14,20-21H2,1-2H3,(H,32,38)/t30-/m0/s1. The molecule has 1 N–H and O–H groups in total. The molecule has 1 aliphatic carbocycles. The van der Waals surface area contributed by atoms with E-state index in [2.05, 4.69) is 15.6 Å². The summed E-state index contributed by atoms with van der Waals surface area (Å²) in [6.45, 7) is 0.0856. The van der Waals surface area contributed by atoms with Gasteiger partial charge in [-0.25, -0.2) is 4.68 Å². The Morgan fingerprint density at radius 2 is 1.75 bits per heavy atom. The van der Waals surface area contributed by atoms with Crippen LogP contribution >= 0.6 is 0 Å².